The lowest BCUT2D eigenvalue weighted by Gasteiger charge is -2.37. The van der Waals surface area contributed by atoms with Gasteiger partial charge in [0.25, 0.3) is 0 Å². The maximum Gasteiger partial charge on any atom is 0.192 e. The number of ketones is 1. The van der Waals surface area contributed by atoms with E-state index in [4.69, 9.17) is 9.16 Å². The van der Waals surface area contributed by atoms with Crippen molar-refractivity contribution >= 4 is 14.1 Å². The summed E-state index contributed by atoms with van der Waals surface area (Å²) in [5, 5.41) is 9.38. The Bertz CT molecular complexity index is 317. The van der Waals surface area contributed by atoms with E-state index in [1.807, 2.05) is 0 Å². The van der Waals surface area contributed by atoms with E-state index >= 15 is 0 Å². The van der Waals surface area contributed by atoms with Crippen LogP contribution in [0.15, 0.2) is 12.2 Å². The van der Waals surface area contributed by atoms with Crippen LogP contribution in [0.4, 0.5) is 0 Å². The summed E-state index contributed by atoms with van der Waals surface area (Å²) in [4.78, 5) is 11.5. The molecule has 0 amide bonds. The zero-order valence-electron chi connectivity index (χ0n) is 11.2. The monoisotopic (exact) mass is 258 g/mol. The zero-order valence-corrected chi connectivity index (χ0v) is 12.2. The molecule has 17 heavy (non-hydrogen) atoms. The lowest BCUT2D eigenvalue weighted by molar-refractivity contribution is -0.152. The van der Waals surface area contributed by atoms with Gasteiger partial charge < -0.3 is 14.3 Å². The number of aliphatic hydroxyl groups excluding tert-OH is 1. The average Bonchev–Trinajstić information content (AvgIpc) is 2.18. The van der Waals surface area contributed by atoms with Crippen LogP contribution in [-0.2, 0) is 14.0 Å². The maximum absolute atomic E-state index is 11.5. The molecule has 4 nitrogen and oxygen atoms in total. The van der Waals surface area contributed by atoms with Gasteiger partial charge in [0, 0.05) is 0 Å². The van der Waals surface area contributed by atoms with Gasteiger partial charge in [-0.05, 0) is 30.3 Å². The van der Waals surface area contributed by atoms with Crippen molar-refractivity contribution in [3.8, 4) is 0 Å². The van der Waals surface area contributed by atoms with Crippen LogP contribution in [0.5, 0.6) is 0 Å². The van der Waals surface area contributed by atoms with Crippen molar-refractivity contribution in [1.82, 2.24) is 0 Å². The van der Waals surface area contributed by atoms with Gasteiger partial charge in [-0.1, -0.05) is 20.8 Å². The summed E-state index contributed by atoms with van der Waals surface area (Å²) in [5.74, 6) is -0.144. The Labute approximate surface area is 104 Å². The summed E-state index contributed by atoms with van der Waals surface area (Å²) in [6, 6.07) is 0. The lowest BCUT2D eigenvalue weighted by Crippen LogP contribution is -2.45. The molecule has 0 aliphatic carbocycles. The number of hydrogen-bond donors (Lipinski definition) is 1. The minimum absolute atomic E-state index is 0.0964. The maximum atomic E-state index is 11.5. The molecular weight excluding hydrogens is 236 g/mol. The second-order valence-corrected chi connectivity index (χ2v) is 10.7. The number of hydrogen-bond acceptors (Lipinski definition) is 4. The highest BCUT2D eigenvalue weighted by Gasteiger charge is 2.38. The Hall–Kier alpha value is -0.493. The standard InChI is InChI=1S/C12H22O4Si/c1-12(2,3)17(4,5)15-8-10-9(13)6-7-11(14)16-10/h6-7,10-11,14H,8H2,1-5H3/t10-,11?/m0/s1. The first kappa shape index (κ1) is 14.6. The van der Waals surface area contributed by atoms with Gasteiger partial charge in [0.2, 0.25) is 0 Å². The van der Waals surface area contributed by atoms with Crippen LogP contribution in [0.25, 0.3) is 0 Å². The molecule has 5 heteroatoms. The minimum atomic E-state index is -1.88. The molecular formula is C12H22O4Si. The van der Waals surface area contributed by atoms with Crippen molar-refractivity contribution in [2.45, 2.75) is 51.3 Å². The number of carbonyl (C=O) groups is 1. The largest absolute Gasteiger partial charge is 0.414 e. The highest BCUT2D eigenvalue weighted by Crippen LogP contribution is 2.36. The quantitative estimate of drug-likeness (QED) is 0.785. The van der Waals surface area contributed by atoms with E-state index in [0.717, 1.165) is 0 Å². The van der Waals surface area contributed by atoms with Gasteiger partial charge >= 0.3 is 0 Å². The van der Waals surface area contributed by atoms with Crippen LogP contribution in [0.3, 0.4) is 0 Å². The first-order valence-corrected chi connectivity index (χ1v) is 8.74. The Morgan fingerprint density at radius 1 is 1.47 bits per heavy atom. The number of carbonyl (C=O) groups excluding carboxylic acids is 1. The van der Waals surface area contributed by atoms with Crippen molar-refractivity contribution in [3.05, 3.63) is 12.2 Å². The highest BCUT2D eigenvalue weighted by atomic mass is 28.4. The van der Waals surface area contributed by atoms with Gasteiger partial charge in [-0.2, -0.15) is 0 Å². The van der Waals surface area contributed by atoms with Crippen LogP contribution < -0.4 is 0 Å². The molecule has 0 spiro atoms. The summed E-state index contributed by atoms with van der Waals surface area (Å²) >= 11 is 0. The molecule has 0 saturated carbocycles. The van der Waals surface area contributed by atoms with Crippen molar-refractivity contribution in [2.75, 3.05) is 6.61 Å². The van der Waals surface area contributed by atoms with E-state index in [0.29, 0.717) is 0 Å². The molecule has 0 bridgehead atoms. The fraction of sp³-hybridized carbons (Fsp3) is 0.750. The van der Waals surface area contributed by atoms with E-state index < -0.39 is 20.7 Å². The normalized spacial score (nSPS) is 26.4. The van der Waals surface area contributed by atoms with Crippen molar-refractivity contribution in [3.63, 3.8) is 0 Å². The average molecular weight is 258 g/mol. The molecule has 0 radical (unpaired) electrons. The van der Waals surface area contributed by atoms with Gasteiger partial charge in [-0.3, -0.25) is 4.79 Å². The molecule has 1 aliphatic rings. The topological polar surface area (TPSA) is 55.8 Å². The summed E-state index contributed by atoms with van der Waals surface area (Å²) in [6.45, 7) is 10.9. The second kappa shape index (κ2) is 5.02. The smallest absolute Gasteiger partial charge is 0.192 e. The second-order valence-electron chi connectivity index (χ2n) is 5.85. The van der Waals surface area contributed by atoms with E-state index in [-0.39, 0.29) is 17.4 Å². The van der Waals surface area contributed by atoms with Crippen molar-refractivity contribution in [1.29, 1.82) is 0 Å². The highest BCUT2D eigenvalue weighted by molar-refractivity contribution is 6.74. The van der Waals surface area contributed by atoms with Crippen LogP contribution in [0, 0.1) is 0 Å². The Kier molecular flexibility index (Phi) is 4.30. The summed E-state index contributed by atoms with van der Waals surface area (Å²) in [5.41, 5.74) is 0. The van der Waals surface area contributed by atoms with E-state index in [1.54, 1.807) is 0 Å². The first-order chi connectivity index (χ1) is 7.63. The molecule has 98 valence electrons. The SMILES string of the molecule is CC(C)(C)[Si](C)(C)OC[C@@H]1OC(O)C=CC1=O. The molecule has 1 aliphatic heterocycles. The number of aliphatic hydroxyl groups is 1. The molecule has 1 unspecified atom stereocenters. The van der Waals surface area contributed by atoms with Gasteiger partial charge in [0.1, 0.15) is 6.10 Å². The molecule has 2 atom stereocenters. The Morgan fingerprint density at radius 2 is 2.06 bits per heavy atom. The lowest BCUT2D eigenvalue weighted by atomic mass is 10.2. The summed E-state index contributed by atoms with van der Waals surface area (Å²) in [6.07, 6.45) is 1.02. The van der Waals surface area contributed by atoms with Gasteiger partial charge in [0.15, 0.2) is 20.4 Å². The van der Waals surface area contributed by atoms with Crippen LogP contribution in [-0.4, -0.2) is 38.2 Å². The van der Waals surface area contributed by atoms with E-state index in [2.05, 4.69) is 33.9 Å². The fourth-order valence-electron chi connectivity index (χ4n) is 1.19. The molecule has 1 heterocycles. The third-order valence-corrected chi connectivity index (χ3v) is 7.95. The summed E-state index contributed by atoms with van der Waals surface area (Å²) < 4.78 is 11.0. The molecule has 1 rings (SSSR count). The third-order valence-electron chi connectivity index (χ3n) is 3.45. The van der Waals surface area contributed by atoms with Crippen molar-refractivity contribution < 1.29 is 19.1 Å². The molecule has 0 aromatic heterocycles. The first-order valence-electron chi connectivity index (χ1n) is 5.83. The van der Waals surface area contributed by atoms with E-state index in [1.165, 1.54) is 12.2 Å². The molecule has 0 aromatic rings. The summed E-state index contributed by atoms with van der Waals surface area (Å²) in [7, 11) is -1.88. The third kappa shape index (κ3) is 3.74. The van der Waals surface area contributed by atoms with E-state index in [9.17, 15) is 9.90 Å². The van der Waals surface area contributed by atoms with Gasteiger partial charge in [-0.15, -0.1) is 0 Å². The van der Waals surface area contributed by atoms with Crippen LogP contribution in [0.2, 0.25) is 18.1 Å². The molecule has 0 saturated heterocycles. The Balaban J connectivity index is 2.57. The Morgan fingerprint density at radius 3 is 2.59 bits per heavy atom. The fourth-order valence-corrected chi connectivity index (χ4v) is 2.19. The van der Waals surface area contributed by atoms with Crippen LogP contribution >= 0.6 is 0 Å². The van der Waals surface area contributed by atoms with Gasteiger partial charge in [-0.25, -0.2) is 0 Å². The van der Waals surface area contributed by atoms with Gasteiger partial charge in [0.05, 0.1) is 6.61 Å². The minimum Gasteiger partial charge on any atom is -0.414 e. The molecule has 0 fully saturated rings. The van der Waals surface area contributed by atoms with Crippen LogP contribution in [0.1, 0.15) is 20.8 Å². The number of rotatable bonds is 3. The number of ether oxygens (including phenoxy) is 1. The zero-order chi connectivity index (χ0) is 13.3. The van der Waals surface area contributed by atoms with Crippen molar-refractivity contribution in [2.24, 2.45) is 0 Å². The molecule has 1 N–H and O–H groups in total. The molecule has 0 aromatic carbocycles. The predicted octanol–water partition coefficient (Wildman–Crippen LogP) is 1.85. The predicted molar refractivity (Wildman–Crippen MR) is 68.2 cm³/mol.